The summed E-state index contributed by atoms with van der Waals surface area (Å²) in [6.45, 7) is 3.67. The largest absolute Gasteiger partial charge is 0.491 e. The molecule has 1 aromatic rings. The van der Waals surface area contributed by atoms with E-state index in [1.165, 1.54) is 6.92 Å². The fourth-order valence-electron chi connectivity index (χ4n) is 1.27. The molecule has 1 aromatic carbocycles. The highest BCUT2D eigenvalue weighted by molar-refractivity contribution is 5.94. The van der Waals surface area contributed by atoms with Gasteiger partial charge < -0.3 is 15.2 Å². The third-order valence-electron chi connectivity index (χ3n) is 2.02. The quantitative estimate of drug-likeness (QED) is 0.633. The second-order valence-corrected chi connectivity index (χ2v) is 3.33. The lowest BCUT2D eigenvalue weighted by Crippen LogP contribution is -2.15. The molecule has 17 heavy (non-hydrogen) atoms. The van der Waals surface area contributed by atoms with Gasteiger partial charge in [0.15, 0.2) is 11.9 Å². The average Bonchev–Trinajstić information content (AvgIpc) is 2.31. The van der Waals surface area contributed by atoms with Crippen LogP contribution in [0.2, 0.25) is 0 Å². The zero-order valence-corrected chi connectivity index (χ0v) is 9.77. The summed E-state index contributed by atoms with van der Waals surface area (Å²) >= 11 is 0. The van der Waals surface area contributed by atoms with Gasteiger partial charge in [0.05, 0.1) is 12.3 Å². The van der Waals surface area contributed by atoms with Crippen molar-refractivity contribution in [2.45, 2.75) is 20.0 Å². The second-order valence-electron chi connectivity index (χ2n) is 3.33. The van der Waals surface area contributed by atoms with Crippen LogP contribution >= 0.6 is 0 Å². The van der Waals surface area contributed by atoms with E-state index in [-0.39, 0.29) is 5.56 Å². The molecule has 2 N–H and O–H groups in total. The highest BCUT2D eigenvalue weighted by Gasteiger charge is 2.18. The lowest BCUT2D eigenvalue weighted by Gasteiger charge is -2.12. The van der Waals surface area contributed by atoms with Crippen molar-refractivity contribution in [3.8, 4) is 11.8 Å². The number of nitrogens with zero attached hydrogens (tertiary/aromatic N) is 1. The van der Waals surface area contributed by atoms with Gasteiger partial charge in [-0.05, 0) is 26.0 Å². The van der Waals surface area contributed by atoms with E-state index in [1.54, 1.807) is 25.1 Å². The van der Waals surface area contributed by atoms with Gasteiger partial charge in [-0.2, -0.15) is 5.26 Å². The summed E-state index contributed by atoms with van der Waals surface area (Å²) in [5.41, 5.74) is 6.31. The molecule has 0 bridgehead atoms. The predicted molar refractivity (Wildman–Crippen MR) is 62.5 cm³/mol. The van der Waals surface area contributed by atoms with Gasteiger partial charge in [0.25, 0.3) is 0 Å². The summed E-state index contributed by atoms with van der Waals surface area (Å²) in [7, 11) is 0. The minimum absolute atomic E-state index is 0.231. The minimum atomic E-state index is -0.807. The Labute approximate surface area is 99.7 Å². The van der Waals surface area contributed by atoms with Crippen LogP contribution in [0, 0.1) is 11.3 Å². The first-order chi connectivity index (χ1) is 8.10. The van der Waals surface area contributed by atoms with E-state index >= 15 is 0 Å². The molecule has 0 saturated heterocycles. The zero-order chi connectivity index (χ0) is 12.8. The highest BCUT2D eigenvalue weighted by atomic mass is 16.5. The fourth-order valence-corrected chi connectivity index (χ4v) is 1.27. The van der Waals surface area contributed by atoms with Gasteiger partial charge >= 0.3 is 5.97 Å². The first-order valence-corrected chi connectivity index (χ1v) is 5.22. The van der Waals surface area contributed by atoms with Crippen LogP contribution < -0.4 is 10.5 Å². The maximum atomic E-state index is 11.8. The highest BCUT2D eigenvalue weighted by Crippen LogP contribution is 2.27. The Morgan fingerprint density at radius 1 is 1.59 bits per heavy atom. The summed E-state index contributed by atoms with van der Waals surface area (Å²) in [4.78, 5) is 11.8. The minimum Gasteiger partial charge on any atom is -0.491 e. The summed E-state index contributed by atoms with van der Waals surface area (Å²) in [5, 5.41) is 8.57. The standard InChI is InChI=1S/C12H14N2O3/c1-3-16-11-9(5-4-6-10(11)14)12(15)17-8(2)7-13/h4-6,8H,3,14H2,1-2H3. The Morgan fingerprint density at radius 3 is 2.88 bits per heavy atom. The van der Waals surface area contributed by atoms with Gasteiger partial charge in [-0.3, -0.25) is 0 Å². The summed E-state index contributed by atoms with van der Waals surface area (Å²) < 4.78 is 10.2. The molecule has 1 unspecified atom stereocenters. The molecule has 0 aliphatic rings. The molecular weight excluding hydrogens is 220 g/mol. The number of nitrogen functional groups attached to an aromatic ring is 1. The van der Waals surface area contributed by atoms with E-state index in [1.807, 2.05) is 6.07 Å². The fraction of sp³-hybridized carbons (Fsp3) is 0.333. The van der Waals surface area contributed by atoms with E-state index in [9.17, 15) is 4.79 Å². The Bertz CT molecular complexity index is 452. The monoisotopic (exact) mass is 234 g/mol. The van der Waals surface area contributed by atoms with E-state index in [0.717, 1.165) is 0 Å². The van der Waals surface area contributed by atoms with Crippen LogP contribution in [0.4, 0.5) is 5.69 Å². The molecular formula is C12H14N2O3. The molecule has 1 atom stereocenters. The SMILES string of the molecule is CCOc1c(N)cccc1C(=O)OC(C)C#N. The normalized spacial score (nSPS) is 11.4. The Balaban J connectivity index is 3.01. The van der Waals surface area contributed by atoms with Crippen molar-refractivity contribution in [1.29, 1.82) is 5.26 Å². The van der Waals surface area contributed by atoms with Crippen molar-refractivity contribution in [1.82, 2.24) is 0 Å². The third kappa shape index (κ3) is 3.11. The number of ether oxygens (including phenoxy) is 2. The number of hydrogen-bond acceptors (Lipinski definition) is 5. The summed E-state index contributed by atoms with van der Waals surface area (Å²) in [6.07, 6.45) is -0.807. The Kier molecular flexibility index (Phi) is 4.35. The van der Waals surface area contributed by atoms with Crippen LogP contribution in [0.3, 0.4) is 0 Å². The van der Waals surface area contributed by atoms with E-state index in [0.29, 0.717) is 18.0 Å². The summed E-state index contributed by atoms with van der Waals surface area (Å²) in [6, 6.07) is 6.63. The maximum absolute atomic E-state index is 11.8. The number of esters is 1. The first kappa shape index (κ1) is 12.8. The number of carbonyl (C=O) groups excluding carboxylic acids is 1. The Morgan fingerprint density at radius 2 is 2.29 bits per heavy atom. The number of nitriles is 1. The van der Waals surface area contributed by atoms with Crippen molar-refractivity contribution < 1.29 is 14.3 Å². The molecule has 0 saturated carbocycles. The maximum Gasteiger partial charge on any atom is 0.343 e. The molecule has 0 aliphatic heterocycles. The summed E-state index contributed by atoms with van der Waals surface area (Å²) in [5.74, 6) is -0.320. The van der Waals surface area contributed by atoms with Crippen LogP contribution in [-0.4, -0.2) is 18.7 Å². The van der Waals surface area contributed by atoms with Crippen molar-refractivity contribution in [3.05, 3.63) is 23.8 Å². The number of anilines is 1. The Hall–Kier alpha value is -2.22. The van der Waals surface area contributed by atoms with E-state index < -0.39 is 12.1 Å². The van der Waals surface area contributed by atoms with Gasteiger partial charge in [-0.25, -0.2) is 4.79 Å². The van der Waals surface area contributed by atoms with Crippen molar-refractivity contribution in [3.63, 3.8) is 0 Å². The van der Waals surface area contributed by atoms with Crippen LogP contribution in [0.1, 0.15) is 24.2 Å². The van der Waals surface area contributed by atoms with Crippen molar-refractivity contribution in [2.75, 3.05) is 12.3 Å². The molecule has 1 rings (SSSR count). The number of benzene rings is 1. The van der Waals surface area contributed by atoms with Crippen molar-refractivity contribution >= 4 is 11.7 Å². The molecule has 0 amide bonds. The molecule has 5 nitrogen and oxygen atoms in total. The molecule has 0 spiro atoms. The van der Waals surface area contributed by atoms with Gasteiger partial charge in [0.2, 0.25) is 0 Å². The van der Waals surface area contributed by atoms with Gasteiger partial charge in [-0.15, -0.1) is 0 Å². The number of rotatable bonds is 4. The van der Waals surface area contributed by atoms with Gasteiger partial charge in [0, 0.05) is 0 Å². The first-order valence-electron chi connectivity index (χ1n) is 5.22. The molecule has 0 aromatic heterocycles. The molecule has 0 aliphatic carbocycles. The van der Waals surface area contributed by atoms with Crippen molar-refractivity contribution in [2.24, 2.45) is 0 Å². The second kappa shape index (κ2) is 5.75. The molecule has 0 heterocycles. The molecule has 0 radical (unpaired) electrons. The number of nitrogens with two attached hydrogens (primary N) is 1. The number of hydrogen-bond donors (Lipinski definition) is 1. The van der Waals surface area contributed by atoms with Crippen LogP contribution in [0.5, 0.6) is 5.75 Å². The van der Waals surface area contributed by atoms with E-state index in [4.69, 9.17) is 20.5 Å². The average molecular weight is 234 g/mol. The van der Waals surface area contributed by atoms with Gasteiger partial charge in [-0.1, -0.05) is 6.07 Å². The lowest BCUT2D eigenvalue weighted by atomic mass is 10.1. The number of para-hydroxylation sites is 1. The predicted octanol–water partition coefficient (Wildman–Crippen LogP) is 1.74. The molecule has 5 heteroatoms. The van der Waals surface area contributed by atoms with Gasteiger partial charge in [0.1, 0.15) is 11.6 Å². The van der Waals surface area contributed by atoms with Crippen LogP contribution in [0.15, 0.2) is 18.2 Å². The molecule has 0 fully saturated rings. The van der Waals surface area contributed by atoms with Crippen LogP contribution in [-0.2, 0) is 4.74 Å². The van der Waals surface area contributed by atoms with Crippen LogP contribution in [0.25, 0.3) is 0 Å². The lowest BCUT2D eigenvalue weighted by molar-refractivity contribution is 0.0431. The zero-order valence-electron chi connectivity index (χ0n) is 9.77. The topological polar surface area (TPSA) is 85.3 Å². The molecule has 90 valence electrons. The number of carbonyl (C=O) groups is 1. The van der Waals surface area contributed by atoms with E-state index in [2.05, 4.69) is 0 Å². The smallest absolute Gasteiger partial charge is 0.343 e. The third-order valence-corrected chi connectivity index (χ3v) is 2.02.